The van der Waals surface area contributed by atoms with Crippen LogP contribution in [-0.4, -0.2) is 11.9 Å². The predicted molar refractivity (Wildman–Crippen MR) is 51.4 cm³/mol. The molecule has 2 nitrogen and oxygen atoms in total. The number of nitrogens with one attached hydrogen (secondary N) is 1. The minimum Gasteiger partial charge on any atom is -0.350 e. The van der Waals surface area contributed by atoms with Gasteiger partial charge in [-0.15, -0.1) is 0 Å². The van der Waals surface area contributed by atoms with Crippen molar-refractivity contribution >= 4 is 5.91 Å². The zero-order chi connectivity index (χ0) is 11.7. The molecule has 0 radical (unpaired) electrons. The molecule has 0 saturated carbocycles. The normalized spacial score (nSPS) is 21.9. The van der Waals surface area contributed by atoms with Gasteiger partial charge in [0.1, 0.15) is 6.17 Å². The summed E-state index contributed by atoms with van der Waals surface area (Å²) < 4.78 is 39.3. The fourth-order valence-electron chi connectivity index (χ4n) is 1.77. The molecule has 1 heterocycles. The molecule has 1 aliphatic heterocycles. The van der Waals surface area contributed by atoms with Crippen LogP contribution in [0.3, 0.4) is 0 Å². The van der Waals surface area contributed by atoms with Gasteiger partial charge in [0.2, 0.25) is 5.91 Å². The smallest absolute Gasteiger partial charge is 0.220 e. The topological polar surface area (TPSA) is 29.1 Å². The maximum Gasteiger partial charge on any atom is 0.220 e. The molecule has 0 aromatic heterocycles. The summed E-state index contributed by atoms with van der Waals surface area (Å²) in [5.74, 6) is -2.30. The van der Waals surface area contributed by atoms with Gasteiger partial charge in [-0.3, -0.25) is 4.79 Å². The highest BCUT2D eigenvalue weighted by Crippen LogP contribution is 2.27. The molecular formula is C11H10F3NO. The lowest BCUT2D eigenvalue weighted by Gasteiger charge is -2.15. The number of hydrogen-bond donors (Lipinski definition) is 1. The summed E-state index contributed by atoms with van der Waals surface area (Å²) >= 11 is 0. The maximum atomic E-state index is 13.8. The Balaban J connectivity index is 2.17. The molecule has 1 fully saturated rings. The van der Waals surface area contributed by atoms with E-state index in [4.69, 9.17) is 0 Å². The van der Waals surface area contributed by atoms with Crippen molar-refractivity contribution < 1.29 is 18.0 Å². The maximum absolute atomic E-state index is 13.8. The molecule has 1 aromatic rings. The summed E-state index contributed by atoms with van der Waals surface area (Å²) in [7, 11) is 0. The number of halogens is 3. The van der Waals surface area contributed by atoms with Crippen LogP contribution in [-0.2, 0) is 4.79 Å². The lowest BCUT2D eigenvalue weighted by atomic mass is 10.0. The summed E-state index contributed by atoms with van der Waals surface area (Å²) in [6.07, 6.45) is -0.852. The van der Waals surface area contributed by atoms with Crippen LogP contribution in [0.4, 0.5) is 13.2 Å². The van der Waals surface area contributed by atoms with E-state index in [1.807, 2.05) is 0 Å². The number of alkyl halides is 1. The van der Waals surface area contributed by atoms with E-state index in [9.17, 15) is 18.0 Å². The number of carbonyl (C=O) groups excluding carboxylic acids is 1. The van der Waals surface area contributed by atoms with Gasteiger partial charge in [0.05, 0.1) is 6.04 Å². The summed E-state index contributed by atoms with van der Waals surface area (Å²) in [4.78, 5) is 10.9. The fourth-order valence-corrected chi connectivity index (χ4v) is 1.77. The minimum absolute atomic E-state index is 0.0473. The van der Waals surface area contributed by atoms with Gasteiger partial charge in [-0.25, -0.2) is 13.2 Å². The second kappa shape index (κ2) is 4.15. The van der Waals surface area contributed by atoms with Gasteiger partial charge < -0.3 is 5.32 Å². The first kappa shape index (κ1) is 11.0. The Kier molecular flexibility index (Phi) is 2.85. The van der Waals surface area contributed by atoms with Gasteiger partial charge in [0.15, 0.2) is 11.6 Å². The van der Waals surface area contributed by atoms with Crippen molar-refractivity contribution in [2.75, 3.05) is 0 Å². The number of rotatable bonds is 2. The lowest BCUT2D eigenvalue weighted by molar-refractivity contribution is -0.119. The predicted octanol–water partition coefficient (Wildman–Crippen LogP) is 2.25. The van der Waals surface area contributed by atoms with E-state index in [0.29, 0.717) is 6.42 Å². The van der Waals surface area contributed by atoms with Gasteiger partial charge in [-0.2, -0.15) is 0 Å². The Hall–Kier alpha value is -1.52. The van der Waals surface area contributed by atoms with Gasteiger partial charge in [0, 0.05) is 6.42 Å². The van der Waals surface area contributed by atoms with Crippen molar-refractivity contribution in [2.24, 2.45) is 0 Å². The summed E-state index contributed by atoms with van der Waals surface area (Å²) in [6.45, 7) is 0. The Morgan fingerprint density at radius 1 is 1.31 bits per heavy atom. The zero-order valence-electron chi connectivity index (χ0n) is 8.34. The second-order valence-electron chi connectivity index (χ2n) is 3.79. The first-order valence-electron chi connectivity index (χ1n) is 4.96. The number of amides is 1. The Labute approximate surface area is 90.5 Å². The lowest BCUT2D eigenvalue weighted by Crippen LogP contribution is -2.29. The Bertz CT molecular complexity index is 422. The van der Waals surface area contributed by atoms with Gasteiger partial charge in [-0.05, 0) is 24.1 Å². The molecule has 0 aliphatic carbocycles. The van der Waals surface area contributed by atoms with Crippen molar-refractivity contribution in [1.29, 1.82) is 0 Å². The number of benzene rings is 1. The molecular weight excluding hydrogens is 219 g/mol. The highest BCUT2D eigenvalue weighted by Gasteiger charge is 2.30. The van der Waals surface area contributed by atoms with E-state index in [0.717, 1.165) is 12.1 Å². The highest BCUT2D eigenvalue weighted by atomic mass is 19.2. The molecule has 1 unspecified atom stereocenters. The van der Waals surface area contributed by atoms with E-state index in [1.54, 1.807) is 0 Å². The van der Waals surface area contributed by atoms with Crippen molar-refractivity contribution in [3.63, 3.8) is 0 Å². The van der Waals surface area contributed by atoms with Crippen molar-refractivity contribution in [1.82, 2.24) is 5.32 Å². The van der Waals surface area contributed by atoms with E-state index < -0.39 is 23.8 Å². The molecule has 1 saturated heterocycles. The SMILES string of the molecule is O=C1CC[C@H](C(F)c2ccc(F)c(F)c2)N1. The van der Waals surface area contributed by atoms with Gasteiger partial charge in [-0.1, -0.05) is 6.07 Å². The molecule has 0 spiro atoms. The van der Waals surface area contributed by atoms with Crippen molar-refractivity contribution in [3.8, 4) is 0 Å². The molecule has 2 atom stereocenters. The zero-order valence-corrected chi connectivity index (χ0v) is 8.34. The molecule has 5 heteroatoms. The van der Waals surface area contributed by atoms with Crippen molar-refractivity contribution in [2.45, 2.75) is 25.1 Å². The minimum atomic E-state index is -1.50. The van der Waals surface area contributed by atoms with Crippen LogP contribution in [0.25, 0.3) is 0 Å². The van der Waals surface area contributed by atoms with E-state index in [-0.39, 0.29) is 17.9 Å². The number of carbonyl (C=O) groups is 1. The third-order valence-electron chi connectivity index (χ3n) is 2.64. The molecule has 86 valence electrons. The van der Waals surface area contributed by atoms with Crippen LogP contribution in [0, 0.1) is 11.6 Å². The molecule has 1 N–H and O–H groups in total. The molecule has 1 aromatic carbocycles. The fraction of sp³-hybridized carbons (Fsp3) is 0.364. The number of hydrogen-bond acceptors (Lipinski definition) is 1. The van der Waals surface area contributed by atoms with Crippen molar-refractivity contribution in [3.05, 3.63) is 35.4 Å². The quantitative estimate of drug-likeness (QED) is 0.828. The monoisotopic (exact) mass is 229 g/mol. The van der Waals surface area contributed by atoms with Crippen LogP contribution in [0.2, 0.25) is 0 Å². The van der Waals surface area contributed by atoms with Crippen LogP contribution in [0.1, 0.15) is 24.6 Å². The van der Waals surface area contributed by atoms with E-state index >= 15 is 0 Å². The molecule has 1 amide bonds. The Morgan fingerprint density at radius 3 is 2.62 bits per heavy atom. The Morgan fingerprint density at radius 2 is 2.06 bits per heavy atom. The second-order valence-corrected chi connectivity index (χ2v) is 3.79. The standard InChI is InChI=1S/C11H10F3NO/c12-7-2-1-6(5-8(7)13)11(14)9-3-4-10(16)15-9/h1-2,5,9,11H,3-4H2,(H,15,16)/t9-,11?/m1/s1. The van der Waals surface area contributed by atoms with Crippen LogP contribution < -0.4 is 5.32 Å². The molecule has 2 rings (SSSR count). The van der Waals surface area contributed by atoms with Crippen LogP contribution in [0.5, 0.6) is 0 Å². The largest absolute Gasteiger partial charge is 0.350 e. The first-order chi connectivity index (χ1) is 7.58. The van der Waals surface area contributed by atoms with Crippen LogP contribution in [0.15, 0.2) is 18.2 Å². The highest BCUT2D eigenvalue weighted by molar-refractivity contribution is 5.78. The molecule has 16 heavy (non-hydrogen) atoms. The summed E-state index contributed by atoms with van der Waals surface area (Å²) in [6, 6.07) is 2.25. The average molecular weight is 229 g/mol. The van der Waals surface area contributed by atoms with Gasteiger partial charge in [0.25, 0.3) is 0 Å². The van der Waals surface area contributed by atoms with E-state index in [2.05, 4.69) is 5.32 Å². The van der Waals surface area contributed by atoms with Crippen LogP contribution >= 0.6 is 0 Å². The third kappa shape index (κ3) is 2.03. The van der Waals surface area contributed by atoms with E-state index in [1.165, 1.54) is 6.07 Å². The summed E-state index contributed by atoms with van der Waals surface area (Å²) in [5.41, 5.74) is 0.0473. The molecule has 1 aliphatic rings. The average Bonchev–Trinajstić information content (AvgIpc) is 2.68. The van der Waals surface area contributed by atoms with Gasteiger partial charge >= 0.3 is 0 Å². The third-order valence-corrected chi connectivity index (χ3v) is 2.64. The summed E-state index contributed by atoms with van der Waals surface area (Å²) in [5, 5.41) is 2.46. The molecule has 0 bridgehead atoms. The first-order valence-corrected chi connectivity index (χ1v) is 4.96.